The van der Waals surface area contributed by atoms with E-state index in [1.54, 1.807) is 18.7 Å². The lowest BCUT2D eigenvalue weighted by Gasteiger charge is -2.19. The molecule has 16 heavy (non-hydrogen) atoms. The number of ether oxygens (including phenoxy) is 1. The summed E-state index contributed by atoms with van der Waals surface area (Å²) >= 11 is 0. The van der Waals surface area contributed by atoms with Crippen molar-refractivity contribution >= 4 is 16.4 Å². The molecule has 0 aliphatic carbocycles. The summed E-state index contributed by atoms with van der Waals surface area (Å²) in [7, 11) is -0.979. The summed E-state index contributed by atoms with van der Waals surface area (Å²) in [6.45, 7) is 6.91. The predicted octanol–water partition coefficient (Wildman–Crippen LogP) is 0.361. The summed E-state index contributed by atoms with van der Waals surface area (Å²) in [6.07, 6.45) is -0.195. The van der Waals surface area contributed by atoms with Gasteiger partial charge in [-0.2, -0.15) is 8.42 Å². The fraction of sp³-hybridized carbons (Fsp3) is 0.625. The molecular weight excluding hydrogens is 238 g/mol. The zero-order valence-electron chi connectivity index (χ0n) is 9.67. The lowest BCUT2D eigenvalue weighted by atomic mass is 10.4. The van der Waals surface area contributed by atoms with Crippen LogP contribution in [-0.4, -0.2) is 48.7 Å². The van der Waals surface area contributed by atoms with Crippen LogP contribution in [0.25, 0.3) is 0 Å². The smallest absolute Gasteiger partial charge is 0.394 e. The predicted molar refractivity (Wildman–Crippen MR) is 58.2 cm³/mol. The highest BCUT2D eigenvalue weighted by atomic mass is 32.3. The molecule has 0 bridgehead atoms. The molecule has 1 unspecified atom stereocenters. The Balaban J connectivity index is 0. The molecule has 0 aromatic heterocycles. The van der Waals surface area contributed by atoms with E-state index in [0.29, 0.717) is 5.57 Å². The van der Waals surface area contributed by atoms with Crippen molar-refractivity contribution in [2.24, 2.45) is 0 Å². The van der Waals surface area contributed by atoms with E-state index in [9.17, 15) is 4.79 Å². The third-order valence-electron chi connectivity index (χ3n) is 1.35. The summed E-state index contributed by atoms with van der Waals surface area (Å²) in [5.41, 5.74) is 0.429. The molecule has 2 N–H and O–H groups in total. The Morgan fingerprint density at radius 2 is 1.69 bits per heavy atom. The number of hydrogen-bond donors (Lipinski definition) is 2. The van der Waals surface area contributed by atoms with Crippen LogP contribution in [0.2, 0.25) is 0 Å². The maximum absolute atomic E-state index is 10.9. The van der Waals surface area contributed by atoms with Gasteiger partial charge in [0.1, 0.15) is 0 Å². The van der Waals surface area contributed by atoms with Crippen molar-refractivity contribution in [2.75, 3.05) is 14.1 Å². The molecule has 0 radical (unpaired) electrons. The summed E-state index contributed by atoms with van der Waals surface area (Å²) < 4.78 is 36.5. The number of esters is 1. The Kier molecular flexibility index (Phi) is 7.99. The zero-order valence-corrected chi connectivity index (χ0v) is 10.5. The lowest BCUT2D eigenvalue weighted by molar-refractivity contribution is -0.150. The maximum Gasteiger partial charge on any atom is 0.394 e. The molecule has 0 amide bonds. The molecule has 0 rings (SSSR count). The Morgan fingerprint density at radius 1 is 1.38 bits per heavy atom. The van der Waals surface area contributed by atoms with Gasteiger partial charge in [0.2, 0.25) is 0 Å². The van der Waals surface area contributed by atoms with Crippen LogP contribution in [0.1, 0.15) is 13.8 Å². The van der Waals surface area contributed by atoms with E-state index in [1.807, 2.05) is 14.1 Å². The van der Waals surface area contributed by atoms with Crippen LogP contribution < -0.4 is 0 Å². The lowest BCUT2D eigenvalue weighted by Crippen LogP contribution is -2.30. The first-order chi connectivity index (χ1) is 6.95. The van der Waals surface area contributed by atoms with Gasteiger partial charge in [-0.15, -0.1) is 0 Å². The molecule has 0 saturated carbocycles. The average molecular weight is 255 g/mol. The first-order valence-electron chi connectivity index (χ1n) is 4.18. The van der Waals surface area contributed by atoms with E-state index in [-0.39, 0.29) is 12.2 Å². The van der Waals surface area contributed by atoms with Gasteiger partial charge in [0.05, 0.1) is 0 Å². The van der Waals surface area contributed by atoms with Gasteiger partial charge in [0, 0.05) is 5.57 Å². The number of rotatable bonds is 3. The molecule has 0 heterocycles. The summed E-state index contributed by atoms with van der Waals surface area (Å²) in [4.78, 5) is 12.7. The minimum Gasteiger partial charge on any atom is -0.443 e. The van der Waals surface area contributed by atoms with Crippen LogP contribution >= 0.6 is 0 Å². The Labute approximate surface area is 95.3 Å². The van der Waals surface area contributed by atoms with Gasteiger partial charge >= 0.3 is 16.4 Å². The van der Waals surface area contributed by atoms with Crippen molar-refractivity contribution in [3.8, 4) is 0 Å². The van der Waals surface area contributed by atoms with Crippen molar-refractivity contribution in [2.45, 2.75) is 20.1 Å². The zero-order chi connectivity index (χ0) is 13.5. The molecule has 0 aliphatic rings. The van der Waals surface area contributed by atoms with Crippen molar-refractivity contribution in [3.63, 3.8) is 0 Å². The van der Waals surface area contributed by atoms with Gasteiger partial charge < -0.3 is 4.74 Å². The topological polar surface area (TPSA) is 104 Å². The molecule has 8 heteroatoms. The number of carbonyl (C=O) groups excluding carboxylic acids is 1. The van der Waals surface area contributed by atoms with Crippen LogP contribution in [0.4, 0.5) is 0 Å². The maximum atomic E-state index is 10.9. The van der Waals surface area contributed by atoms with Crippen molar-refractivity contribution < 1.29 is 27.1 Å². The molecule has 0 aliphatic heterocycles. The Morgan fingerprint density at radius 3 is 1.88 bits per heavy atom. The van der Waals surface area contributed by atoms with E-state index in [1.165, 1.54) is 0 Å². The third-order valence-corrected chi connectivity index (χ3v) is 1.35. The molecule has 0 spiro atoms. The highest BCUT2D eigenvalue weighted by Gasteiger charge is 2.10. The molecule has 96 valence electrons. The highest BCUT2D eigenvalue weighted by Crippen LogP contribution is 1.99. The van der Waals surface area contributed by atoms with Gasteiger partial charge in [-0.3, -0.25) is 14.0 Å². The normalized spacial score (nSPS) is 12.4. The van der Waals surface area contributed by atoms with Gasteiger partial charge in [0.15, 0.2) is 6.23 Å². The average Bonchev–Trinajstić information content (AvgIpc) is 2.00. The van der Waals surface area contributed by atoms with Gasteiger partial charge in [0.25, 0.3) is 0 Å². The second-order valence-electron chi connectivity index (χ2n) is 3.20. The van der Waals surface area contributed by atoms with Gasteiger partial charge in [-0.05, 0) is 27.9 Å². The minimum atomic E-state index is -4.67. The number of nitrogens with zero attached hydrogens (tertiary/aromatic N) is 1. The first kappa shape index (κ1) is 17.4. The minimum absolute atomic E-state index is 0.195. The Bertz CT molecular complexity index is 326. The Hall–Kier alpha value is -0.960. The van der Waals surface area contributed by atoms with Crippen molar-refractivity contribution in [1.29, 1.82) is 0 Å². The molecule has 0 saturated heterocycles. The van der Waals surface area contributed by atoms with E-state index in [4.69, 9.17) is 22.3 Å². The fourth-order valence-electron chi connectivity index (χ4n) is 0.361. The summed E-state index contributed by atoms with van der Waals surface area (Å²) in [5, 5.41) is 0. The first-order valence-corrected chi connectivity index (χ1v) is 5.57. The largest absolute Gasteiger partial charge is 0.443 e. The van der Waals surface area contributed by atoms with E-state index < -0.39 is 10.4 Å². The molecule has 7 nitrogen and oxygen atoms in total. The van der Waals surface area contributed by atoms with E-state index in [0.717, 1.165) is 0 Å². The van der Waals surface area contributed by atoms with Crippen LogP contribution in [-0.2, 0) is 19.9 Å². The summed E-state index contributed by atoms with van der Waals surface area (Å²) in [6, 6.07) is 0. The van der Waals surface area contributed by atoms with Crippen LogP contribution in [0.15, 0.2) is 12.2 Å². The van der Waals surface area contributed by atoms with E-state index in [2.05, 4.69) is 6.58 Å². The van der Waals surface area contributed by atoms with Gasteiger partial charge in [-0.25, -0.2) is 4.79 Å². The highest BCUT2D eigenvalue weighted by molar-refractivity contribution is 7.79. The van der Waals surface area contributed by atoms with Crippen LogP contribution in [0.5, 0.6) is 0 Å². The molecular formula is C8H17NO6S. The molecule has 0 fully saturated rings. The van der Waals surface area contributed by atoms with Crippen molar-refractivity contribution in [1.82, 2.24) is 4.90 Å². The monoisotopic (exact) mass is 255 g/mol. The van der Waals surface area contributed by atoms with Crippen LogP contribution in [0, 0.1) is 0 Å². The molecule has 1 atom stereocenters. The molecule has 0 aromatic carbocycles. The van der Waals surface area contributed by atoms with Gasteiger partial charge in [-0.1, -0.05) is 6.58 Å². The van der Waals surface area contributed by atoms with Crippen LogP contribution in [0.3, 0.4) is 0 Å². The van der Waals surface area contributed by atoms with Crippen molar-refractivity contribution in [3.05, 3.63) is 12.2 Å². The quantitative estimate of drug-likeness (QED) is 0.325. The second kappa shape index (κ2) is 7.34. The SMILES string of the molecule is C=C(C)C(=O)OC(C)N(C)C.O=S(=O)(O)O. The number of hydrogen-bond acceptors (Lipinski definition) is 5. The third kappa shape index (κ3) is 15.5. The molecule has 0 aromatic rings. The van der Waals surface area contributed by atoms with E-state index >= 15 is 0 Å². The fourth-order valence-corrected chi connectivity index (χ4v) is 0.361. The summed E-state index contributed by atoms with van der Waals surface area (Å²) in [5.74, 6) is -0.341. The number of carbonyl (C=O) groups is 1. The second-order valence-corrected chi connectivity index (χ2v) is 4.09. The standard InChI is InChI=1S/C8H15NO2.H2O4S/c1-6(2)8(10)11-7(3)9(4)5;1-5(2,3)4/h7H,1H2,2-5H3;(H2,1,2,3,4).